The summed E-state index contributed by atoms with van der Waals surface area (Å²) in [4.78, 5) is 0. The normalized spacial score (nSPS) is 13.6. The maximum atomic E-state index is 11.3. The maximum Gasteiger partial charge on any atom is 1.00 e. The molecule has 0 saturated heterocycles. The Bertz CT molecular complexity index is 251. The van der Waals surface area contributed by atoms with Gasteiger partial charge in [0.2, 0.25) is 10.0 Å². The minimum atomic E-state index is -5.40. The largest absolute Gasteiger partial charge is 1.00 e. The Labute approximate surface area is 88.6 Å². The zero-order chi connectivity index (χ0) is 10.9. The number of hydrogen-bond acceptors (Lipinski definition) is 2. The molecule has 0 spiro atoms. The van der Waals surface area contributed by atoms with Gasteiger partial charge in [-0.15, -0.1) is 4.72 Å². The first-order chi connectivity index (χ1) is 5.41. The minimum Gasteiger partial charge on any atom is -1.00 e. The van der Waals surface area contributed by atoms with Crippen molar-refractivity contribution in [2.75, 3.05) is 5.75 Å². The molecule has 1 N–H and O–H groups in total. The zero-order valence-corrected chi connectivity index (χ0v) is 7.52. The van der Waals surface area contributed by atoms with Crippen molar-refractivity contribution in [3.63, 3.8) is 0 Å². The molecule has 14 heavy (non-hydrogen) atoms. The van der Waals surface area contributed by atoms with Gasteiger partial charge in [0, 0.05) is 0 Å². The quantitative estimate of drug-likeness (QED) is 0.348. The summed E-state index contributed by atoms with van der Waals surface area (Å²) in [6.07, 6.45) is -10.6. The second kappa shape index (κ2) is 4.74. The molecule has 0 aromatic heterocycles. The van der Waals surface area contributed by atoms with Gasteiger partial charge in [-0.25, -0.2) is 8.42 Å². The van der Waals surface area contributed by atoms with Gasteiger partial charge in [0.05, 0.1) is 0 Å². The third-order valence-corrected chi connectivity index (χ3v) is 1.87. The number of rotatable bonds is 2. The van der Waals surface area contributed by atoms with Crippen LogP contribution in [-0.2, 0) is 10.0 Å². The molecule has 0 radical (unpaired) electrons. The summed E-state index contributed by atoms with van der Waals surface area (Å²) in [6.45, 7) is 0. The van der Waals surface area contributed by atoms with Crippen LogP contribution in [0, 0.1) is 0 Å². The molecule has 0 fully saturated rings. The predicted molar refractivity (Wildman–Crippen MR) is 30.1 cm³/mol. The number of halogens is 6. The smallest absolute Gasteiger partial charge is 1.00 e. The average Bonchev–Trinajstić information content (AvgIpc) is 1.43. The van der Waals surface area contributed by atoms with E-state index in [4.69, 9.17) is 0 Å². The van der Waals surface area contributed by atoms with Gasteiger partial charge in [0.1, 0.15) is 0 Å². The van der Waals surface area contributed by atoms with Crippen molar-refractivity contribution in [2.24, 2.45) is 0 Å². The molecule has 0 saturated carbocycles. The average molecular weight is 239 g/mol. The molecule has 0 aliphatic rings. The molecule has 82 valence electrons. The van der Waals surface area contributed by atoms with Crippen LogP contribution >= 0.6 is 0 Å². The van der Waals surface area contributed by atoms with Crippen molar-refractivity contribution in [3.8, 4) is 0 Å². The summed E-state index contributed by atoms with van der Waals surface area (Å²) in [5.41, 5.74) is 0. The van der Waals surface area contributed by atoms with Crippen molar-refractivity contribution in [1.29, 1.82) is 0 Å². The van der Waals surface area contributed by atoms with Gasteiger partial charge in [-0.05, 0) is 0 Å². The van der Waals surface area contributed by atoms with E-state index in [0.29, 0.717) is 0 Å². The standard InChI is InChI=1S/C3H3F6NO2S.Li.H/c4-2(5,6)1-13(11,12)10-3(7,8)9;;/h10H,1H2;;/q;+1;-1. The Morgan fingerprint density at radius 2 is 1.43 bits per heavy atom. The second-order valence-electron chi connectivity index (χ2n) is 1.97. The fourth-order valence-electron chi connectivity index (χ4n) is 0.428. The number of nitrogens with one attached hydrogen (secondary N) is 1. The fourth-order valence-corrected chi connectivity index (χ4v) is 1.28. The third kappa shape index (κ3) is 10.2. The number of alkyl halides is 6. The first-order valence-electron chi connectivity index (χ1n) is 2.56. The van der Waals surface area contributed by atoms with Crippen LogP contribution in [0.4, 0.5) is 26.3 Å². The Kier molecular flexibility index (Phi) is 5.59. The van der Waals surface area contributed by atoms with Gasteiger partial charge in [0.25, 0.3) is 0 Å². The number of sulfonamides is 1. The molecular weight excluding hydrogens is 235 g/mol. The van der Waals surface area contributed by atoms with E-state index in [2.05, 4.69) is 0 Å². The second-order valence-corrected chi connectivity index (χ2v) is 3.70. The van der Waals surface area contributed by atoms with Crippen LogP contribution in [0.5, 0.6) is 0 Å². The Hall–Kier alpha value is 0.0874. The van der Waals surface area contributed by atoms with Gasteiger partial charge < -0.3 is 1.43 Å². The molecule has 0 aliphatic heterocycles. The van der Waals surface area contributed by atoms with Crippen LogP contribution in [0.3, 0.4) is 0 Å². The van der Waals surface area contributed by atoms with Crippen molar-refractivity contribution in [1.82, 2.24) is 4.72 Å². The summed E-state index contributed by atoms with van der Waals surface area (Å²) in [7, 11) is -5.40. The SMILES string of the molecule is O=S(=O)(CC(F)(F)F)NC(F)(F)F.[H-].[Li+]. The van der Waals surface area contributed by atoms with Crippen LogP contribution in [0.1, 0.15) is 1.43 Å². The van der Waals surface area contributed by atoms with Crippen molar-refractivity contribution in [3.05, 3.63) is 0 Å². The molecule has 0 amide bonds. The van der Waals surface area contributed by atoms with Crippen LogP contribution in [0.2, 0.25) is 0 Å². The molecule has 0 aliphatic carbocycles. The van der Waals surface area contributed by atoms with Gasteiger partial charge in [0.15, 0.2) is 5.75 Å². The van der Waals surface area contributed by atoms with E-state index in [0.717, 1.165) is 0 Å². The molecule has 0 heterocycles. The monoisotopic (exact) mass is 239 g/mol. The Balaban J connectivity index is -0.000000720. The fraction of sp³-hybridized carbons (Fsp3) is 1.00. The molecule has 3 nitrogen and oxygen atoms in total. The van der Waals surface area contributed by atoms with Gasteiger partial charge in [-0.2, -0.15) is 26.3 Å². The van der Waals surface area contributed by atoms with Gasteiger partial charge >= 0.3 is 31.3 Å². The number of hydrogen-bond donors (Lipinski definition) is 1. The Morgan fingerprint density at radius 1 is 1.07 bits per heavy atom. The third-order valence-electron chi connectivity index (χ3n) is 0.625. The van der Waals surface area contributed by atoms with Crippen molar-refractivity contribution in [2.45, 2.75) is 12.5 Å². The Morgan fingerprint density at radius 3 is 1.64 bits per heavy atom. The molecular formula is C3H4F6LiNO2S. The summed E-state index contributed by atoms with van der Waals surface area (Å²) in [5.74, 6) is -2.56. The predicted octanol–water partition coefficient (Wildman–Crippen LogP) is -1.90. The molecule has 0 bridgehead atoms. The summed E-state index contributed by atoms with van der Waals surface area (Å²) in [5, 5.41) is 0. The van der Waals surface area contributed by atoms with Crippen LogP contribution in [-0.4, -0.2) is 26.6 Å². The van der Waals surface area contributed by atoms with Crippen molar-refractivity contribution < 1.29 is 55.0 Å². The molecule has 0 rings (SSSR count). The van der Waals surface area contributed by atoms with E-state index in [1.54, 1.807) is 0 Å². The van der Waals surface area contributed by atoms with Crippen LogP contribution in [0.15, 0.2) is 0 Å². The zero-order valence-electron chi connectivity index (χ0n) is 7.70. The topological polar surface area (TPSA) is 46.2 Å². The first-order valence-corrected chi connectivity index (χ1v) is 4.22. The van der Waals surface area contributed by atoms with Gasteiger partial charge in [-0.1, -0.05) is 0 Å². The van der Waals surface area contributed by atoms with Gasteiger partial charge in [-0.3, -0.25) is 0 Å². The molecule has 11 heteroatoms. The molecule has 0 aromatic carbocycles. The van der Waals surface area contributed by atoms with E-state index in [1.807, 2.05) is 0 Å². The van der Waals surface area contributed by atoms with Crippen LogP contribution in [0.25, 0.3) is 0 Å². The molecule has 0 unspecified atom stereocenters. The van der Waals surface area contributed by atoms with E-state index >= 15 is 0 Å². The molecule has 0 aromatic rings. The summed E-state index contributed by atoms with van der Waals surface area (Å²) >= 11 is 0. The summed E-state index contributed by atoms with van der Waals surface area (Å²) < 4.78 is 88.0. The van der Waals surface area contributed by atoms with E-state index in [-0.39, 0.29) is 25.0 Å². The van der Waals surface area contributed by atoms with E-state index in [1.165, 1.54) is 0 Å². The maximum absolute atomic E-state index is 11.3. The summed E-state index contributed by atoms with van der Waals surface area (Å²) in [6, 6.07) is 0. The minimum absolute atomic E-state index is 0. The van der Waals surface area contributed by atoms with Crippen LogP contribution < -0.4 is 23.6 Å². The molecule has 0 atom stereocenters. The first kappa shape index (κ1) is 16.5. The van der Waals surface area contributed by atoms with Crippen molar-refractivity contribution >= 4 is 10.0 Å². The van der Waals surface area contributed by atoms with E-state index in [9.17, 15) is 34.8 Å². The van der Waals surface area contributed by atoms with E-state index < -0.39 is 28.3 Å².